The molecule has 1 aromatic heterocycles. The maximum atomic E-state index is 13.9. The summed E-state index contributed by atoms with van der Waals surface area (Å²) in [4.78, 5) is 12.9. The van der Waals surface area contributed by atoms with Gasteiger partial charge in [0.15, 0.2) is 0 Å². The van der Waals surface area contributed by atoms with Crippen molar-refractivity contribution in [2.75, 3.05) is 43.1 Å². The first kappa shape index (κ1) is 16.0. The number of ether oxygens (including phenoxy) is 1. The predicted molar refractivity (Wildman–Crippen MR) is 88.6 cm³/mol. The smallest absolute Gasteiger partial charge is 0.227 e. The highest BCUT2D eigenvalue weighted by atomic mass is 35.5. The standard InChI is InChI=1S/C16H18ClFN4O/c1-23-11-12-10-15(17)20-16(19-12)22-8-6-21(7-9-22)14-5-3-2-4-13(14)18/h2-5,10H,6-9,11H2,1H3. The molecule has 1 fully saturated rings. The SMILES string of the molecule is COCc1cc(Cl)nc(N2CCN(c3ccccc3F)CC2)n1. The highest BCUT2D eigenvalue weighted by molar-refractivity contribution is 6.29. The maximum Gasteiger partial charge on any atom is 0.227 e. The molecule has 23 heavy (non-hydrogen) atoms. The van der Waals surface area contributed by atoms with Gasteiger partial charge in [-0.15, -0.1) is 0 Å². The molecule has 1 aromatic carbocycles. The molecule has 0 aliphatic carbocycles. The number of benzene rings is 1. The Hall–Kier alpha value is -1.92. The average molecular weight is 337 g/mol. The topological polar surface area (TPSA) is 41.5 Å². The van der Waals surface area contributed by atoms with E-state index in [4.69, 9.17) is 16.3 Å². The molecule has 2 aromatic rings. The number of halogens is 2. The van der Waals surface area contributed by atoms with Crippen LogP contribution in [0.5, 0.6) is 0 Å². The van der Waals surface area contributed by atoms with E-state index in [9.17, 15) is 4.39 Å². The Labute approximate surface area is 139 Å². The van der Waals surface area contributed by atoms with Gasteiger partial charge in [-0.3, -0.25) is 0 Å². The first-order chi connectivity index (χ1) is 11.2. The Bertz CT molecular complexity index is 677. The molecule has 3 rings (SSSR count). The van der Waals surface area contributed by atoms with Crippen molar-refractivity contribution in [3.05, 3.63) is 47.0 Å². The van der Waals surface area contributed by atoms with Crippen molar-refractivity contribution in [3.8, 4) is 0 Å². The number of rotatable bonds is 4. The van der Waals surface area contributed by atoms with E-state index in [1.807, 2.05) is 11.0 Å². The zero-order valence-electron chi connectivity index (χ0n) is 12.9. The van der Waals surface area contributed by atoms with Gasteiger partial charge in [0.2, 0.25) is 5.95 Å². The molecule has 1 saturated heterocycles. The quantitative estimate of drug-likeness (QED) is 0.803. The number of para-hydroxylation sites is 1. The van der Waals surface area contributed by atoms with Gasteiger partial charge in [0.25, 0.3) is 0 Å². The first-order valence-electron chi connectivity index (χ1n) is 7.44. The van der Waals surface area contributed by atoms with Crippen LogP contribution in [0.3, 0.4) is 0 Å². The van der Waals surface area contributed by atoms with Gasteiger partial charge in [-0.1, -0.05) is 23.7 Å². The number of hydrogen-bond donors (Lipinski definition) is 0. The Morgan fingerprint density at radius 2 is 1.83 bits per heavy atom. The van der Waals surface area contributed by atoms with Gasteiger partial charge in [0, 0.05) is 33.3 Å². The Morgan fingerprint density at radius 3 is 2.52 bits per heavy atom. The van der Waals surface area contributed by atoms with E-state index in [2.05, 4.69) is 14.9 Å². The van der Waals surface area contributed by atoms with Crippen molar-refractivity contribution in [3.63, 3.8) is 0 Å². The number of piperazine rings is 1. The van der Waals surface area contributed by atoms with Gasteiger partial charge in [-0.2, -0.15) is 0 Å². The molecule has 1 aliphatic rings. The third-order valence-electron chi connectivity index (χ3n) is 3.78. The Morgan fingerprint density at radius 1 is 1.13 bits per heavy atom. The lowest BCUT2D eigenvalue weighted by molar-refractivity contribution is 0.181. The minimum absolute atomic E-state index is 0.192. The van der Waals surface area contributed by atoms with Crippen molar-refractivity contribution in [2.45, 2.75) is 6.61 Å². The van der Waals surface area contributed by atoms with E-state index in [0.29, 0.717) is 49.6 Å². The highest BCUT2D eigenvalue weighted by Crippen LogP contribution is 2.22. The lowest BCUT2D eigenvalue weighted by Crippen LogP contribution is -2.47. The summed E-state index contributed by atoms with van der Waals surface area (Å²) in [7, 11) is 1.61. The first-order valence-corrected chi connectivity index (χ1v) is 7.82. The summed E-state index contributed by atoms with van der Waals surface area (Å²) < 4.78 is 19.0. The van der Waals surface area contributed by atoms with Crippen LogP contribution in [0.25, 0.3) is 0 Å². The zero-order valence-corrected chi connectivity index (χ0v) is 13.6. The summed E-state index contributed by atoms with van der Waals surface area (Å²) in [6.07, 6.45) is 0. The van der Waals surface area contributed by atoms with Crippen molar-refractivity contribution < 1.29 is 9.13 Å². The molecule has 5 nitrogen and oxygen atoms in total. The highest BCUT2D eigenvalue weighted by Gasteiger charge is 2.21. The van der Waals surface area contributed by atoms with E-state index < -0.39 is 0 Å². The van der Waals surface area contributed by atoms with Crippen molar-refractivity contribution in [1.82, 2.24) is 9.97 Å². The van der Waals surface area contributed by atoms with Crippen molar-refractivity contribution in [1.29, 1.82) is 0 Å². The fourth-order valence-corrected chi connectivity index (χ4v) is 2.87. The molecule has 0 amide bonds. The second kappa shape index (κ2) is 7.10. The fourth-order valence-electron chi connectivity index (χ4n) is 2.67. The van der Waals surface area contributed by atoms with Gasteiger partial charge in [0.05, 0.1) is 18.0 Å². The largest absolute Gasteiger partial charge is 0.378 e. The summed E-state index contributed by atoms with van der Waals surface area (Å²) in [5.74, 6) is 0.403. The normalized spacial score (nSPS) is 15.1. The Kier molecular flexibility index (Phi) is 4.93. The van der Waals surface area contributed by atoms with Crippen LogP contribution in [-0.2, 0) is 11.3 Å². The van der Waals surface area contributed by atoms with E-state index in [0.717, 1.165) is 5.69 Å². The van der Waals surface area contributed by atoms with E-state index in [1.54, 1.807) is 25.3 Å². The second-order valence-corrected chi connectivity index (χ2v) is 5.73. The fraction of sp³-hybridized carbons (Fsp3) is 0.375. The van der Waals surface area contributed by atoms with Crippen LogP contribution in [0.15, 0.2) is 30.3 Å². The molecule has 0 spiro atoms. The van der Waals surface area contributed by atoms with Crippen LogP contribution in [-0.4, -0.2) is 43.3 Å². The molecular formula is C16H18ClFN4O. The average Bonchev–Trinajstić information content (AvgIpc) is 2.55. The summed E-state index contributed by atoms with van der Waals surface area (Å²) >= 11 is 6.06. The summed E-state index contributed by atoms with van der Waals surface area (Å²) in [6.45, 7) is 3.22. The molecule has 1 aliphatic heterocycles. The summed E-state index contributed by atoms with van der Waals surface area (Å²) in [5, 5.41) is 0.401. The molecule has 122 valence electrons. The molecule has 0 saturated carbocycles. The van der Waals surface area contributed by atoms with Gasteiger partial charge >= 0.3 is 0 Å². The molecule has 7 heteroatoms. The summed E-state index contributed by atoms with van der Waals surface area (Å²) in [6, 6.07) is 8.54. The van der Waals surface area contributed by atoms with Crippen LogP contribution < -0.4 is 9.80 Å². The third kappa shape index (κ3) is 3.71. The van der Waals surface area contributed by atoms with Gasteiger partial charge in [-0.25, -0.2) is 14.4 Å². The molecule has 2 heterocycles. The monoisotopic (exact) mass is 336 g/mol. The predicted octanol–water partition coefficient (Wildman–Crippen LogP) is 2.74. The van der Waals surface area contributed by atoms with Crippen LogP contribution >= 0.6 is 11.6 Å². The number of methoxy groups -OCH3 is 1. The van der Waals surface area contributed by atoms with Crippen molar-refractivity contribution in [2.24, 2.45) is 0 Å². The van der Waals surface area contributed by atoms with E-state index in [1.165, 1.54) is 6.07 Å². The minimum atomic E-state index is -0.192. The lowest BCUT2D eigenvalue weighted by Gasteiger charge is -2.36. The molecular weight excluding hydrogens is 319 g/mol. The van der Waals surface area contributed by atoms with E-state index >= 15 is 0 Å². The van der Waals surface area contributed by atoms with Crippen molar-refractivity contribution >= 4 is 23.2 Å². The van der Waals surface area contributed by atoms with Crippen LogP contribution in [0.2, 0.25) is 5.15 Å². The maximum absolute atomic E-state index is 13.9. The van der Waals surface area contributed by atoms with Gasteiger partial charge < -0.3 is 14.5 Å². The minimum Gasteiger partial charge on any atom is -0.378 e. The van der Waals surface area contributed by atoms with Gasteiger partial charge in [-0.05, 0) is 18.2 Å². The van der Waals surface area contributed by atoms with Crippen LogP contribution in [0.4, 0.5) is 16.0 Å². The van der Waals surface area contributed by atoms with E-state index in [-0.39, 0.29) is 5.82 Å². The second-order valence-electron chi connectivity index (χ2n) is 5.34. The molecule has 0 atom stereocenters. The number of hydrogen-bond acceptors (Lipinski definition) is 5. The lowest BCUT2D eigenvalue weighted by atomic mass is 10.2. The zero-order chi connectivity index (χ0) is 16.2. The van der Waals surface area contributed by atoms with Crippen LogP contribution in [0.1, 0.15) is 5.69 Å². The van der Waals surface area contributed by atoms with Gasteiger partial charge in [0.1, 0.15) is 11.0 Å². The molecule has 0 bridgehead atoms. The number of aromatic nitrogens is 2. The molecule has 0 radical (unpaired) electrons. The summed E-state index contributed by atoms with van der Waals surface area (Å²) in [5.41, 5.74) is 1.39. The molecule has 0 N–H and O–H groups in total. The third-order valence-corrected chi connectivity index (χ3v) is 3.98. The van der Waals surface area contributed by atoms with Crippen LogP contribution in [0, 0.1) is 5.82 Å². The Balaban J connectivity index is 1.71. The number of nitrogens with zero attached hydrogens (tertiary/aromatic N) is 4. The molecule has 0 unspecified atom stereocenters. The number of anilines is 2.